The van der Waals surface area contributed by atoms with Gasteiger partial charge < -0.3 is 10.2 Å². The van der Waals surface area contributed by atoms with Crippen molar-refractivity contribution >= 4 is 0 Å². The van der Waals surface area contributed by atoms with E-state index in [4.69, 9.17) is 0 Å². The van der Waals surface area contributed by atoms with Gasteiger partial charge in [0.25, 0.3) is 0 Å². The number of hydrogen-bond donors (Lipinski definition) is 1. The Labute approximate surface area is 124 Å². The molecule has 0 amide bonds. The number of hydrogen-bond acceptors (Lipinski definition) is 2. The van der Waals surface area contributed by atoms with Gasteiger partial charge in [-0.3, -0.25) is 0 Å². The normalized spacial score (nSPS) is 20.0. The smallest absolute Gasteiger partial charge is 0.0346 e. The average Bonchev–Trinajstić information content (AvgIpc) is 2.46. The maximum Gasteiger partial charge on any atom is 0.0346 e. The van der Waals surface area contributed by atoms with E-state index in [-0.39, 0.29) is 0 Å². The van der Waals surface area contributed by atoms with E-state index in [1.54, 1.807) is 0 Å². The van der Waals surface area contributed by atoms with Crippen LogP contribution in [-0.2, 0) is 0 Å². The van der Waals surface area contributed by atoms with Crippen LogP contribution in [0.4, 0.5) is 0 Å². The lowest BCUT2D eigenvalue weighted by Crippen LogP contribution is -2.43. The first-order valence-corrected chi connectivity index (χ1v) is 8.20. The summed E-state index contributed by atoms with van der Waals surface area (Å²) in [4.78, 5) is 2.61. The maximum absolute atomic E-state index is 3.84. The molecule has 0 aromatic heterocycles. The second-order valence-electron chi connectivity index (χ2n) is 6.56. The molecule has 0 radical (unpaired) electrons. The van der Waals surface area contributed by atoms with E-state index in [0.29, 0.717) is 18.0 Å². The Balaban J connectivity index is 1.90. The highest BCUT2D eigenvalue weighted by Gasteiger charge is 2.19. The van der Waals surface area contributed by atoms with Crippen LogP contribution in [0.1, 0.15) is 51.6 Å². The van der Waals surface area contributed by atoms with Crippen molar-refractivity contribution in [1.82, 2.24) is 10.2 Å². The van der Waals surface area contributed by atoms with Crippen molar-refractivity contribution in [3.63, 3.8) is 0 Å². The zero-order chi connectivity index (χ0) is 14.4. The molecule has 1 aliphatic heterocycles. The fourth-order valence-corrected chi connectivity index (χ4v) is 3.22. The fourth-order valence-electron chi connectivity index (χ4n) is 3.22. The topological polar surface area (TPSA) is 15.3 Å². The largest absolute Gasteiger partial charge is 0.306 e. The Morgan fingerprint density at radius 1 is 1.00 bits per heavy atom. The van der Waals surface area contributed by atoms with Gasteiger partial charge in [0, 0.05) is 18.6 Å². The summed E-state index contributed by atoms with van der Waals surface area (Å²) in [5.74, 6) is 0.612. The van der Waals surface area contributed by atoms with Crippen molar-refractivity contribution in [3.05, 3.63) is 35.9 Å². The summed E-state index contributed by atoms with van der Waals surface area (Å²) in [6.07, 6.45) is 4.16. The summed E-state index contributed by atoms with van der Waals surface area (Å²) in [7, 11) is 0. The van der Waals surface area contributed by atoms with Crippen molar-refractivity contribution in [2.24, 2.45) is 5.92 Å². The van der Waals surface area contributed by atoms with Gasteiger partial charge in [-0.2, -0.15) is 0 Å². The van der Waals surface area contributed by atoms with Gasteiger partial charge in [0.2, 0.25) is 0 Å². The van der Waals surface area contributed by atoms with Crippen LogP contribution < -0.4 is 5.32 Å². The molecule has 20 heavy (non-hydrogen) atoms. The van der Waals surface area contributed by atoms with Gasteiger partial charge in [0.05, 0.1) is 0 Å². The molecule has 0 saturated carbocycles. The zero-order valence-electron chi connectivity index (χ0n) is 13.3. The molecule has 1 saturated heterocycles. The lowest BCUT2D eigenvalue weighted by Gasteiger charge is -2.32. The van der Waals surface area contributed by atoms with Crippen molar-refractivity contribution in [2.45, 2.75) is 52.1 Å². The quantitative estimate of drug-likeness (QED) is 0.847. The van der Waals surface area contributed by atoms with Crippen LogP contribution in [0.15, 0.2) is 30.3 Å². The molecule has 2 rings (SSSR count). The second-order valence-corrected chi connectivity index (χ2v) is 6.56. The van der Waals surface area contributed by atoms with Crippen LogP contribution in [0.2, 0.25) is 0 Å². The monoisotopic (exact) mass is 274 g/mol. The summed E-state index contributed by atoms with van der Waals surface area (Å²) in [5.41, 5.74) is 1.41. The van der Waals surface area contributed by atoms with E-state index in [0.717, 1.165) is 0 Å². The van der Waals surface area contributed by atoms with Gasteiger partial charge in [-0.1, -0.05) is 50.6 Å². The molecule has 0 bridgehead atoms. The minimum absolute atomic E-state index is 0.455. The van der Waals surface area contributed by atoms with Crippen molar-refractivity contribution in [1.29, 1.82) is 0 Å². The van der Waals surface area contributed by atoms with Gasteiger partial charge in [-0.05, 0) is 44.3 Å². The number of rotatable bonds is 6. The highest BCUT2D eigenvalue weighted by Crippen LogP contribution is 2.22. The van der Waals surface area contributed by atoms with Gasteiger partial charge in [0.15, 0.2) is 0 Å². The Morgan fingerprint density at radius 3 is 2.25 bits per heavy atom. The van der Waals surface area contributed by atoms with E-state index in [1.807, 2.05) is 0 Å². The summed E-state index contributed by atoms with van der Waals surface area (Å²) in [5, 5.41) is 3.84. The molecule has 1 aromatic rings. The molecule has 1 heterocycles. The number of nitrogens with one attached hydrogen (secondary N) is 1. The van der Waals surface area contributed by atoms with E-state index >= 15 is 0 Å². The predicted octanol–water partition coefficient (Wildman–Crippen LogP) is 3.85. The second kappa shape index (κ2) is 7.80. The minimum Gasteiger partial charge on any atom is -0.306 e. The summed E-state index contributed by atoms with van der Waals surface area (Å²) >= 11 is 0. The van der Waals surface area contributed by atoms with Gasteiger partial charge in [-0.25, -0.2) is 0 Å². The first-order valence-electron chi connectivity index (χ1n) is 8.20. The number of likely N-dealkylation sites (tertiary alicyclic amines) is 1. The minimum atomic E-state index is 0.455. The molecular formula is C18H30N2. The summed E-state index contributed by atoms with van der Waals surface area (Å²) in [6, 6.07) is 11.9. The zero-order valence-corrected chi connectivity index (χ0v) is 13.3. The SMILES string of the molecule is CC(CN1CCCCC1)NC(c1ccccc1)C(C)C. The molecule has 2 atom stereocenters. The Hall–Kier alpha value is -0.860. The molecule has 2 heteroatoms. The first-order chi connectivity index (χ1) is 9.66. The van der Waals surface area contributed by atoms with Crippen LogP contribution >= 0.6 is 0 Å². The molecule has 0 spiro atoms. The lowest BCUT2D eigenvalue weighted by atomic mass is 9.95. The summed E-state index contributed by atoms with van der Waals surface area (Å²) in [6.45, 7) is 10.7. The third-order valence-corrected chi connectivity index (χ3v) is 4.27. The third kappa shape index (κ3) is 4.60. The number of nitrogens with zero attached hydrogens (tertiary/aromatic N) is 1. The van der Waals surface area contributed by atoms with Crippen molar-refractivity contribution in [2.75, 3.05) is 19.6 Å². The third-order valence-electron chi connectivity index (χ3n) is 4.27. The molecule has 2 nitrogen and oxygen atoms in total. The van der Waals surface area contributed by atoms with Crippen molar-refractivity contribution < 1.29 is 0 Å². The molecule has 1 aliphatic rings. The van der Waals surface area contributed by atoms with Gasteiger partial charge >= 0.3 is 0 Å². The lowest BCUT2D eigenvalue weighted by molar-refractivity contribution is 0.199. The number of benzene rings is 1. The Morgan fingerprint density at radius 2 is 1.65 bits per heavy atom. The van der Waals surface area contributed by atoms with Crippen molar-refractivity contribution in [3.8, 4) is 0 Å². The molecular weight excluding hydrogens is 244 g/mol. The van der Waals surface area contributed by atoms with E-state index < -0.39 is 0 Å². The molecule has 1 N–H and O–H groups in total. The van der Waals surface area contributed by atoms with Crippen LogP contribution in [-0.4, -0.2) is 30.6 Å². The standard InChI is InChI=1S/C18H30N2/c1-15(2)18(17-10-6-4-7-11-17)19-16(3)14-20-12-8-5-9-13-20/h4,6-7,10-11,15-16,18-19H,5,8-9,12-14H2,1-3H3. The highest BCUT2D eigenvalue weighted by atomic mass is 15.2. The van der Waals surface area contributed by atoms with E-state index in [2.05, 4.69) is 61.3 Å². The first kappa shape index (κ1) is 15.5. The molecule has 1 aromatic carbocycles. The molecule has 0 aliphatic carbocycles. The molecule has 1 fully saturated rings. The summed E-state index contributed by atoms with van der Waals surface area (Å²) < 4.78 is 0. The van der Waals surface area contributed by atoms with Gasteiger partial charge in [-0.15, -0.1) is 0 Å². The van der Waals surface area contributed by atoms with Crippen LogP contribution in [0.5, 0.6) is 0 Å². The average molecular weight is 274 g/mol. The predicted molar refractivity (Wildman–Crippen MR) is 86.9 cm³/mol. The van der Waals surface area contributed by atoms with Gasteiger partial charge in [0.1, 0.15) is 0 Å². The number of piperidine rings is 1. The Bertz CT molecular complexity index is 368. The molecule has 2 unspecified atom stereocenters. The maximum atomic E-state index is 3.84. The van der Waals surface area contributed by atoms with E-state index in [9.17, 15) is 0 Å². The van der Waals surface area contributed by atoms with Crippen LogP contribution in [0.25, 0.3) is 0 Å². The van der Waals surface area contributed by atoms with E-state index in [1.165, 1.54) is 44.5 Å². The molecule has 112 valence electrons. The fraction of sp³-hybridized carbons (Fsp3) is 0.667. The Kier molecular flexibility index (Phi) is 6.06. The van der Waals surface area contributed by atoms with Crippen LogP contribution in [0, 0.1) is 5.92 Å². The highest BCUT2D eigenvalue weighted by molar-refractivity contribution is 5.19. The van der Waals surface area contributed by atoms with Crippen LogP contribution in [0.3, 0.4) is 0 Å².